The Kier molecular flexibility index (Phi) is 3.33. The number of ether oxygens (including phenoxy) is 1. The summed E-state index contributed by atoms with van der Waals surface area (Å²) in [5, 5.41) is 8.95. The molecule has 2 aromatic rings. The predicted molar refractivity (Wildman–Crippen MR) is 88.7 cm³/mol. The molecule has 6 heteroatoms. The zero-order valence-electron chi connectivity index (χ0n) is 13.0. The highest BCUT2D eigenvalue weighted by Crippen LogP contribution is 2.35. The van der Waals surface area contributed by atoms with Gasteiger partial charge in [0.1, 0.15) is 0 Å². The molecule has 0 saturated carbocycles. The minimum atomic E-state index is 0.198. The lowest BCUT2D eigenvalue weighted by Gasteiger charge is -2.54. The summed E-state index contributed by atoms with van der Waals surface area (Å²) in [4.78, 5) is 4.92. The lowest BCUT2D eigenvalue weighted by atomic mass is 9.88. The van der Waals surface area contributed by atoms with Crippen LogP contribution in [0.25, 0.3) is 10.9 Å². The van der Waals surface area contributed by atoms with Crippen LogP contribution in [0, 0.1) is 0 Å². The number of nitrogens with one attached hydrogen (secondary N) is 1. The molecule has 0 bridgehead atoms. The smallest absolute Gasteiger partial charge is 0.0751 e. The number of benzene rings is 1. The van der Waals surface area contributed by atoms with Crippen molar-refractivity contribution in [1.29, 1.82) is 0 Å². The maximum atomic E-state index is 6.46. The van der Waals surface area contributed by atoms with Crippen LogP contribution < -0.4 is 4.90 Å². The Morgan fingerprint density at radius 3 is 2.73 bits per heavy atom. The van der Waals surface area contributed by atoms with Crippen molar-refractivity contribution >= 4 is 28.2 Å². The number of hydrogen-bond acceptors (Lipinski definition) is 4. The summed E-state index contributed by atoms with van der Waals surface area (Å²) in [6.07, 6.45) is 2.13. The van der Waals surface area contributed by atoms with E-state index in [1.54, 1.807) is 0 Å². The van der Waals surface area contributed by atoms with Crippen LogP contribution in [0.2, 0.25) is 5.02 Å². The normalized spacial score (nSPS) is 29.8. The number of piperazine rings is 1. The van der Waals surface area contributed by atoms with Gasteiger partial charge in [0.2, 0.25) is 0 Å². The second-order valence-corrected chi connectivity index (χ2v) is 6.95. The lowest BCUT2D eigenvalue weighted by Crippen LogP contribution is -2.68. The third-order valence-electron chi connectivity index (χ3n) is 5.35. The maximum absolute atomic E-state index is 6.46. The SMILES string of the molecule is CC1OCC1(C)N1CCN(c2cc3[nH]ncc3cc2Cl)CC1. The third kappa shape index (κ3) is 2.11. The number of aromatic nitrogens is 2. The van der Waals surface area contributed by atoms with E-state index in [1.807, 2.05) is 12.3 Å². The van der Waals surface area contributed by atoms with Crippen molar-refractivity contribution in [2.75, 3.05) is 37.7 Å². The highest BCUT2D eigenvalue weighted by molar-refractivity contribution is 6.34. The molecule has 22 heavy (non-hydrogen) atoms. The third-order valence-corrected chi connectivity index (χ3v) is 5.65. The van der Waals surface area contributed by atoms with Crippen molar-refractivity contribution in [2.24, 2.45) is 0 Å². The highest BCUT2D eigenvalue weighted by Gasteiger charge is 2.46. The molecule has 1 aromatic heterocycles. The summed E-state index contributed by atoms with van der Waals surface area (Å²) >= 11 is 6.46. The van der Waals surface area contributed by atoms with E-state index in [0.717, 1.165) is 54.4 Å². The lowest BCUT2D eigenvalue weighted by molar-refractivity contribution is -0.186. The first-order valence-corrected chi connectivity index (χ1v) is 8.20. The first-order valence-electron chi connectivity index (χ1n) is 7.82. The molecule has 1 aromatic carbocycles. The Hall–Kier alpha value is -1.30. The summed E-state index contributed by atoms with van der Waals surface area (Å²) in [6.45, 7) is 9.38. The van der Waals surface area contributed by atoms with Crippen LogP contribution in [0.4, 0.5) is 5.69 Å². The van der Waals surface area contributed by atoms with Crippen molar-refractivity contribution < 1.29 is 4.74 Å². The van der Waals surface area contributed by atoms with E-state index < -0.39 is 0 Å². The molecule has 2 aliphatic heterocycles. The largest absolute Gasteiger partial charge is 0.374 e. The topological polar surface area (TPSA) is 44.4 Å². The number of aromatic amines is 1. The zero-order valence-corrected chi connectivity index (χ0v) is 13.7. The van der Waals surface area contributed by atoms with Gasteiger partial charge in [0.05, 0.1) is 40.7 Å². The van der Waals surface area contributed by atoms with Crippen molar-refractivity contribution in [1.82, 2.24) is 15.1 Å². The summed E-state index contributed by atoms with van der Waals surface area (Å²) in [5.74, 6) is 0. The molecule has 0 spiro atoms. The molecule has 2 saturated heterocycles. The van der Waals surface area contributed by atoms with Crippen LogP contribution in [0.15, 0.2) is 18.3 Å². The Balaban J connectivity index is 1.51. The number of nitrogens with zero attached hydrogens (tertiary/aromatic N) is 3. The van der Waals surface area contributed by atoms with Crippen LogP contribution in [0.5, 0.6) is 0 Å². The van der Waals surface area contributed by atoms with Gasteiger partial charge in [-0.3, -0.25) is 10.00 Å². The molecule has 1 N–H and O–H groups in total. The van der Waals surface area contributed by atoms with Gasteiger partial charge in [-0.2, -0.15) is 5.10 Å². The van der Waals surface area contributed by atoms with Crippen LogP contribution >= 0.6 is 11.6 Å². The van der Waals surface area contributed by atoms with Crippen molar-refractivity contribution in [3.63, 3.8) is 0 Å². The number of hydrogen-bond donors (Lipinski definition) is 1. The number of halogens is 1. The van der Waals surface area contributed by atoms with Gasteiger partial charge < -0.3 is 9.64 Å². The van der Waals surface area contributed by atoms with Crippen molar-refractivity contribution in [2.45, 2.75) is 25.5 Å². The summed E-state index contributed by atoms with van der Waals surface area (Å²) in [5.41, 5.74) is 2.33. The molecular formula is C16H21ClN4O. The zero-order chi connectivity index (χ0) is 15.3. The first-order chi connectivity index (χ1) is 10.6. The minimum Gasteiger partial charge on any atom is -0.374 e. The fourth-order valence-electron chi connectivity index (χ4n) is 3.49. The molecule has 5 nitrogen and oxygen atoms in total. The van der Waals surface area contributed by atoms with Crippen LogP contribution in [0.3, 0.4) is 0 Å². The van der Waals surface area contributed by atoms with E-state index in [-0.39, 0.29) is 5.54 Å². The van der Waals surface area contributed by atoms with E-state index >= 15 is 0 Å². The highest BCUT2D eigenvalue weighted by atomic mass is 35.5. The summed E-state index contributed by atoms with van der Waals surface area (Å²) in [7, 11) is 0. The van der Waals surface area contributed by atoms with E-state index in [2.05, 4.69) is 39.9 Å². The predicted octanol–water partition coefficient (Wildman–Crippen LogP) is 2.52. The average Bonchev–Trinajstić information content (AvgIpc) is 2.99. The molecule has 4 rings (SSSR count). The van der Waals surface area contributed by atoms with Crippen LogP contribution in [-0.2, 0) is 4.74 Å². The molecule has 0 amide bonds. The Labute approximate surface area is 135 Å². The maximum Gasteiger partial charge on any atom is 0.0751 e. The van der Waals surface area contributed by atoms with Gasteiger partial charge in [-0.1, -0.05) is 11.6 Å². The van der Waals surface area contributed by atoms with Gasteiger partial charge in [-0.15, -0.1) is 0 Å². The molecule has 2 fully saturated rings. The van der Waals surface area contributed by atoms with Gasteiger partial charge in [0, 0.05) is 31.6 Å². The van der Waals surface area contributed by atoms with Gasteiger partial charge in [0.15, 0.2) is 0 Å². The van der Waals surface area contributed by atoms with E-state index in [1.165, 1.54) is 0 Å². The van der Waals surface area contributed by atoms with E-state index in [4.69, 9.17) is 16.3 Å². The second-order valence-electron chi connectivity index (χ2n) is 6.55. The van der Waals surface area contributed by atoms with E-state index in [0.29, 0.717) is 6.10 Å². The molecule has 2 atom stereocenters. The van der Waals surface area contributed by atoms with Gasteiger partial charge in [0.25, 0.3) is 0 Å². The monoisotopic (exact) mass is 320 g/mol. The number of H-pyrrole nitrogens is 1. The Morgan fingerprint density at radius 2 is 2.09 bits per heavy atom. The Morgan fingerprint density at radius 1 is 1.32 bits per heavy atom. The minimum absolute atomic E-state index is 0.198. The van der Waals surface area contributed by atoms with Crippen molar-refractivity contribution in [3.05, 3.63) is 23.4 Å². The molecule has 0 aliphatic carbocycles. The van der Waals surface area contributed by atoms with Gasteiger partial charge in [-0.05, 0) is 26.0 Å². The number of fused-ring (bicyclic) bond motifs is 1. The fourth-order valence-corrected chi connectivity index (χ4v) is 3.78. The molecule has 2 unspecified atom stereocenters. The van der Waals surface area contributed by atoms with Gasteiger partial charge >= 0.3 is 0 Å². The number of anilines is 1. The number of rotatable bonds is 2. The van der Waals surface area contributed by atoms with Gasteiger partial charge in [-0.25, -0.2) is 0 Å². The average molecular weight is 321 g/mol. The second kappa shape index (κ2) is 5.11. The molecule has 2 aliphatic rings. The van der Waals surface area contributed by atoms with Crippen LogP contribution in [0.1, 0.15) is 13.8 Å². The standard InChI is InChI=1S/C16H21ClN4O/c1-11-16(2,10-22-11)21-5-3-20(4-6-21)15-8-14-12(7-13(15)17)9-18-19-14/h7-9,11H,3-6,10H2,1-2H3,(H,18,19). The van der Waals surface area contributed by atoms with Crippen LogP contribution in [-0.4, -0.2) is 59.5 Å². The molecule has 118 valence electrons. The summed E-state index contributed by atoms with van der Waals surface area (Å²) in [6, 6.07) is 4.10. The van der Waals surface area contributed by atoms with Crippen molar-refractivity contribution in [3.8, 4) is 0 Å². The molecule has 0 radical (unpaired) electrons. The van der Waals surface area contributed by atoms with E-state index in [9.17, 15) is 0 Å². The summed E-state index contributed by atoms with van der Waals surface area (Å²) < 4.78 is 5.58. The quantitative estimate of drug-likeness (QED) is 0.923. The molecule has 3 heterocycles. The fraction of sp³-hybridized carbons (Fsp3) is 0.562. The molecular weight excluding hydrogens is 300 g/mol. The first kappa shape index (κ1) is 14.3. The Bertz CT molecular complexity index is 695.